The Hall–Kier alpha value is -0.570. The first-order chi connectivity index (χ1) is 7.65. The van der Waals surface area contributed by atoms with Gasteiger partial charge in [0.2, 0.25) is 5.91 Å². The van der Waals surface area contributed by atoms with E-state index in [-0.39, 0.29) is 11.9 Å². The van der Waals surface area contributed by atoms with Gasteiger partial charge in [-0.25, -0.2) is 0 Å². The molecular formula is C13H28N2O. The van der Waals surface area contributed by atoms with Crippen molar-refractivity contribution in [3.8, 4) is 0 Å². The van der Waals surface area contributed by atoms with E-state index < -0.39 is 0 Å². The molecule has 0 aromatic rings. The molecule has 0 bridgehead atoms. The molecule has 0 radical (unpaired) electrons. The molecule has 0 spiro atoms. The molecule has 1 unspecified atom stereocenters. The van der Waals surface area contributed by atoms with Crippen LogP contribution in [0.4, 0.5) is 0 Å². The van der Waals surface area contributed by atoms with Crippen molar-refractivity contribution in [1.29, 1.82) is 0 Å². The van der Waals surface area contributed by atoms with Crippen molar-refractivity contribution in [3.05, 3.63) is 0 Å². The van der Waals surface area contributed by atoms with Gasteiger partial charge in [0.1, 0.15) is 0 Å². The number of hydrogen-bond acceptors (Lipinski definition) is 2. The van der Waals surface area contributed by atoms with Gasteiger partial charge in [-0.3, -0.25) is 4.79 Å². The minimum atomic E-state index is -0.328. The van der Waals surface area contributed by atoms with Crippen molar-refractivity contribution in [2.45, 2.75) is 77.8 Å². The fourth-order valence-corrected chi connectivity index (χ4v) is 1.84. The van der Waals surface area contributed by atoms with Crippen molar-refractivity contribution in [3.63, 3.8) is 0 Å². The first kappa shape index (κ1) is 15.4. The largest absolute Gasteiger partial charge is 0.352 e. The van der Waals surface area contributed by atoms with Gasteiger partial charge in [0, 0.05) is 6.04 Å². The van der Waals surface area contributed by atoms with Gasteiger partial charge in [-0.05, 0) is 19.3 Å². The molecule has 0 rings (SSSR count). The van der Waals surface area contributed by atoms with Crippen molar-refractivity contribution in [2.75, 3.05) is 0 Å². The SMILES string of the molecule is CCCCC(CCC)NC(=O)[C@H](N)CCC. The van der Waals surface area contributed by atoms with Gasteiger partial charge in [0.05, 0.1) is 6.04 Å². The third-order valence-corrected chi connectivity index (χ3v) is 2.83. The third kappa shape index (κ3) is 6.83. The number of unbranched alkanes of at least 4 members (excludes halogenated alkanes) is 1. The Bertz CT molecular complexity index is 183. The van der Waals surface area contributed by atoms with E-state index in [9.17, 15) is 4.79 Å². The Labute approximate surface area is 100 Å². The van der Waals surface area contributed by atoms with Gasteiger partial charge in [-0.1, -0.05) is 46.5 Å². The lowest BCUT2D eigenvalue weighted by atomic mass is 10.0. The minimum Gasteiger partial charge on any atom is -0.352 e. The maximum atomic E-state index is 11.7. The summed E-state index contributed by atoms with van der Waals surface area (Å²) in [7, 11) is 0. The third-order valence-electron chi connectivity index (χ3n) is 2.83. The van der Waals surface area contributed by atoms with E-state index in [4.69, 9.17) is 5.73 Å². The Kier molecular flexibility index (Phi) is 9.30. The quantitative estimate of drug-likeness (QED) is 0.637. The lowest BCUT2D eigenvalue weighted by molar-refractivity contribution is -0.123. The summed E-state index contributed by atoms with van der Waals surface area (Å²) in [5.41, 5.74) is 5.79. The van der Waals surface area contributed by atoms with Crippen molar-refractivity contribution in [2.24, 2.45) is 5.73 Å². The molecule has 3 N–H and O–H groups in total. The van der Waals surface area contributed by atoms with Crippen LogP contribution in [0.3, 0.4) is 0 Å². The number of nitrogens with two attached hydrogens (primary N) is 1. The summed E-state index contributed by atoms with van der Waals surface area (Å²) in [4.78, 5) is 11.7. The van der Waals surface area contributed by atoms with Crippen LogP contribution in [0.25, 0.3) is 0 Å². The number of rotatable bonds is 9. The zero-order valence-corrected chi connectivity index (χ0v) is 11.1. The van der Waals surface area contributed by atoms with Gasteiger partial charge in [-0.2, -0.15) is 0 Å². The fraction of sp³-hybridized carbons (Fsp3) is 0.923. The van der Waals surface area contributed by atoms with Crippen molar-refractivity contribution in [1.82, 2.24) is 5.32 Å². The van der Waals surface area contributed by atoms with Crippen LogP contribution >= 0.6 is 0 Å². The summed E-state index contributed by atoms with van der Waals surface area (Å²) in [6.07, 6.45) is 7.34. The van der Waals surface area contributed by atoms with E-state index in [1.807, 2.05) is 6.92 Å². The van der Waals surface area contributed by atoms with Crippen LogP contribution in [0.5, 0.6) is 0 Å². The Morgan fingerprint density at radius 3 is 2.19 bits per heavy atom. The summed E-state index contributed by atoms with van der Waals surface area (Å²) in [6, 6.07) is -0.00802. The second-order valence-electron chi connectivity index (χ2n) is 4.53. The summed E-state index contributed by atoms with van der Waals surface area (Å²) >= 11 is 0. The second-order valence-corrected chi connectivity index (χ2v) is 4.53. The standard InChI is InChI=1S/C13H28N2O/c1-4-7-10-11(8-5-2)15-13(16)12(14)9-6-3/h11-12H,4-10,14H2,1-3H3,(H,15,16)/t11?,12-/m1/s1. The van der Waals surface area contributed by atoms with E-state index in [0.717, 1.165) is 32.1 Å². The molecule has 0 saturated heterocycles. The molecule has 0 heterocycles. The Morgan fingerprint density at radius 2 is 1.69 bits per heavy atom. The van der Waals surface area contributed by atoms with Crippen LogP contribution < -0.4 is 11.1 Å². The lowest BCUT2D eigenvalue weighted by Gasteiger charge is -2.20. The van der Waals surface area contributed by atoms with E-state index in [1.54, 1.807) is 0 Å². The predicted molar refractivity (Wildman–Crippen MR) is 69.2 cm³/mol. The highest BCUT2D eigenvalue weighted by Gasteiger charge is 2.16. The number of amides is 1. The average molecular weight is 228 g/mol. The Balaban J connectivity index is 4.00. The molecule has 2 atom stereocenters. The number of carbonyl (C=O) groups excluding carboxylic acids is 1. The molecule has 16 heavy (non-hydrogen) atoms. The van der Waals surface area contributed by atoms with Crippen LogP contribution in [-0.4, -0.2) is 18.0 Å². The molecule has 0 aromatic heterocycles. The molecule has 1 amide bonds. The second kappa shape index (κ2) is 9.64. The number of carbonyl (C=O) groups is 1. The molecule has 0 aliphatic carbocycles. The first-order valence-corrected chi connectivity index (χ1v) is 6.71. The molecular weight excluding hydrogens is 200 g/mol. The predicted octanol–water partition coefficient (Wildman–Crippen LogP) is 2.59. The number of nitrogens with one attached hydrogen (secondary N) is 1. The first-order valence-electron chi connectivity index (χ1n) is 6.71. The molecule has 3 heteroatoms. The highest BCUT2D eigenvalue weighted by molar-refractivity contribution is 5.81. The molecule has 0 aliphatic rings. The molecule has 0 saturated carbocycles. The van der Waals surface area contributed by atoms with Crippen LogP contribution in [0.2, 0.25) is 0 Å². The smallest absolute Gasteiger partial charge is 0.237 e. The van der Waals surface area contributed by atoms with Crippen molar-refractivity contribution >= 4 is 5.91 Å². The molecule has 3 nitrogen and oxygen atoms in total. The van der Waals surface area contributed by atoms with Crippen molar-refractivity contribution < 1.29 is 4.79 Å². The topological polar surface area (TPSA) is 55.1 Å². The normalized spacial score (nSPS) is 14.5. The van der Waals surface area contributed by atoms with Gasteiger partial charge >= 0.3 is 0 Å². The monoisotopic (exact) mass is 228 g/mol. The molecule has 0 aromatic carbocycles. The lowest BCUT2D eigenvalue weighted by Crippen LogP contribution is -2.45. The summed E-state index contributed by atoms with van der Waals surface area (Å²) in [5.74, 6) is 0.0244. The van der Waals surface area contributed by atoms with Gasteiger partial charge in [0.15, 0.2) is 0 Å². The minimum absolute atomic E-state index is 0.0244. The van der Waals surface area contributed by atoms with Gasteiger partial charge in [-0.15, -0.1) is 0 Å². The summed E-state index contributed by atoms with van der Waals surface area (Å²) in [6.45, 7) is 6.37. The highest BCUT2D eigenvalue weighted by Crippen LogP contribution is 2.07. The van der Waals surface area contributed by atoms with Crippen LogP contribution in [0.1, 0.15) is 65.7 Å². The summed E-state index contributed by atoms with van der Waals surface area (Å²) < 4.78 is 0. The molecule has 0 fully saturated rings. The van der Waals surface area contributed by atoms with Gasteiger partial charge < -0.3 is 11.1 Å². The van der Waals surface area contributed by atoms with Crippen LogP contribution in [0, 0.1) is 0 Å². The Morgan fingerprint density at radius 1 is 1.06 bits per heavy atom. The van der Waals surface area contributed by atoms with E-state index >= 15 is 0 Å². The average Bonchev–Trinajstić information content (AvgIpc) is 2.26. The van der Waals surface area contributed by atoms with E-state index in [1.165, 1.54) is 12.8 Å². The fourth-order valence-electron chi connectivity index (χ4n) is 1.84. The maximum Gasteiger partial charge on any atom is 0.237 e. The maximum absolute atomic E-state index is 11.7. The zero-order valence-electron chi connectivity index (χ0n) is 11.1. The van der Waals surface area contributed by atoms with E-state index in [0.29, 0.717) is 6.04 Å². The summed E-state index contributed by atoms with van der Waals surface area (Å²) in [5, 5.41) is 3.07. The molecule has 96 valence electrons. The number of hydrogen-bond donors (Lipinski definition) is 2. The molecule has 0 aliphatic heterocycles. The van der Waals surface area contributed by atoms with E-state index in [2.05, 4.69) is 19.2 Å². The van der Waals surface area contributed by atoms with Gasteiger partial charge in [0.25, 0.3) is 0 Å². The van der Waals surface area contributed by atoms with Crippen LogP contribution in [-0.2, 0) is 4.79 Å². The zero-order chi connectivity index (χ0) is 12.4. The highest BCUT2D eigenvalue weighted by atomic mass is 16.2. The van der Waals surface area contributed by atoms with Crippen LogP contribution in [0.15, 0.2) is 0 Å².